The number of rotatable bonds is 2. The molecule has 1 amide bonds. The molecule has 2 aliphatic heterocycles. The number of allylic oxidation sites excluding steroid dienone is 2. The molecule has 2 aliphatic rings. The van der Waals surface area contributed by atoms with Crippen molar-refractivity contribution in [3.8, 4) is 11.3 Å². The van der Waals surface area contributed by atoms with E-state index in [-0.39, 0.29) is 24.2 Å². The van der Waals surface area contributed by atoms with Gasteiger partial charge >= 0.3 is 6.18 Å². The first-order chi connectivity index (χ1) is 17.3. The Morgan fingerprint density at radius 1 is 1.08 bits per heavy atom. The molecule has 8 nitrogen and oxygen atoms in total. The lowest BCUT2D eigenvalue weighted by Gasteiger charge is -2.26. The molecule has 1 N–H and O–H groups in total. The Balaban J connectivity index is 1.59. The second-order valence-electron chi connectivity index (χ2n) is 8.34. The highest BCUT2D eigenvalue weighted by Crippen LogP contribution is 2.27. The number of benzene rings is 1. The van der Waals surface area contributed by atoms with E-state index in [1.807, 2.05) is 42.2 Å². The van der Waals surface area contributed by atoms with Gasteiger partial charge in [0.25, 0.3) is 5.91 Å². The highest BCUT2D eigenvalue weighted by Gasteiger charge is 2.33. The van der Waals surface area contributed by atoms with Crippen molar-refractivity contribution in [1.29, 1.82) is 0 Å². The molecule has 1 unspecified atom stereocenters. The Hall–Kier alpha value is -4.02. The van der Waals surface area contributed by atoms with E-state index in [0.29, 0.717) is 43.1 Å². The van der Waals surface area contributed by atoms with Crippen LogP contribution in [0.5, 0.6) is 0 Å². The van der Waals surface area contributed by atoms with Gasteiger partial charge < -0.3 is 9.80 Å². The Bertz CT molecular complexity index is 1220. The normalized spacial score (nSPS) is 18.5. The molecule has 1 aromatic carbocycles. The van der Waals surface area contributed by atoms with Crippen LogP contribution in [0.2, 0.25) is 0 Å². The summed E-state index contributed by atoms with van der Waals surface area (Å²) in [6.45, 7) is 3.18. The summed E-state index contributed by atoms with van der Waals surface area (Å²) in [5.41, 5.74) is 0.451. The van der Waals surface area contributed by atoms with E-state index < -0.39 is 11.7 Å². The Labute approximate surface area is 206 Å². The first-order valence-corrected chi connectivity index (χ1v) is 11.6. The number of hydrogen-bond acceptors (Lipinski definition) is 6. The van der Waals surface area contributed by atoms with Gasteiger partial charge in [-0.2, -0.15) is 23.4 Å². The number of hydrogen-bond donors (Lipinski definition) is 1. The lowest BCUT2D eigenvalue weighted by molar-refractivity contribution is -0.0883. The molecule has 1 fully saturated rings. The maximum Gasteiger partial charge on any atom is 0.416 e. The van der Waals surface area contributed by atoms with Crippen molar-refractivity contribution in [3.05, 3.63) is 78.3 Å². The van der Waals surface area contributed by atoms with Gasteiger partial charge in [0.1, 0.15) is 11.5 Å². The minimum Gasteiger partial charge on any atom is -0.355 e. The van der Waals surface area contributed by atoms with Crippen LogP contribution in [0.1, 0.15) is 23.8 Å². The molecule has 11 heteroatoms. The first-order valence-electron chi connectivity index (χ1n) is 11.6. The van der Waals surface area contributed by atoms with Gasteiger partial charge in [0, 0.05) is 37.4 Å². The van der Waals surface area contributed by atoms with Crippen LogP contribution in [0.3, 0.4) is 0 Å². The molecule has 2 aromatic rings. The molecule has 0 aliphatic carbocycles. The smallest absolute Gasteiger partial charge is 0.355 e. The Morgan fingerprint density at radius 3 is 2.67 bits per heavy atom. The standard InChI is InChI=1S/C25H26F3N7O/c1-18-11-15-34(21-9-8-20(10-14-29-21)25(26,27)28)16-17-35(18)24(36)23-22(19-6-3-2-4-7-19)32-30-12-5-13-31-33-23/h2-10,12-13,18,30H,11,14-17H2,1H3. The number of aromatic nitrogens is 4. The number of aliphatic imine (C=N–C) groups is 1. The molecule has 1 aromatic heterocycles. The van der Waals surface area contributed by atoms with E-state index in [1.165, 1.54) is 12.3 Å². The van der Waals surface area contributed by atoms with Gasteiger partial charge in [0.2, 0.25) is 0 Å². The molecular weight excluding hydrogens is 471 g/mol. The quantitative estimate of drug-likeness (QED) is 0.678. The zero-order chi connectivity index (χ0) is 25.5. The monoisotopic (exact) mass is 497 g/mol. The summed E-state index contributed by atoms with van der Waals surface area (Å²) in [6.07, 6.45) is 2.75. The van der Waals surface area contributed by atoms with E-state index >= 15 is 0 Å². The number of carbonyl (C=O) groups excluding carboxylic acids is 1. The molecule has 0 saturated carbocycles. The van der Waals surface area contributed by atoms with E-state index in [4.69, 9.17) is 0 Å². The van der Waals surface area contributed by atoms with Crippen molar-refractivity contribution in [3.63, 3.8) is 0 Å². The highest BCUT2D eigenvalue weighted by atomic mass is 19.4. The summed E-state index contributed by atoms with van der Waals surface area (Å²) >= 11 is 0. The summed E-state index contributed by atoms with van der Waals surface area (Å²) in [4.78, 5) is 21.7. The molecule has 0 radical (unpaired) electrons. The number of nitrogens with zero attached hydrogens (tertiary/aromatic N) is 6. The number of halogens is 3. The number of carbonyl (C=O) groups is 1. The topological polar surface area (TPSA) is 90.4 Å². The van der Waals surface area contributed by atoms with Crippen molar-refractivity contribution >= 4 is 11.7 Å². The SMILES string of the molecule is CC1CCN(C2=NCC=C(C(F)(F)F)C=C2)CCN1C(=O)c1nnccc[nH]nc1-c1ccccc1. The van der Waals surface area contributed by atoms with Crippen molar-refractivity contribution in [2.75, 3.05) is 26.2 Å². The molecular formula is C25H26F3N7O. The van der Waals surface area contributed by atoms with E-state index in [1.54, 1.807) is 17.2 Å². The average molecular weight is 498 g/mol. The van der Waals surface area contributed by atoms with Crippen molar-refractivity contribution < 1.29 is 18.0 Å². The highest BCUT2D eigenvalue weighted by molar-refractivity contribution is 5.98. The summed E-state index contributed by atoms with van der Waals surface area (Å²) in [5, 5.41) is 15.4. The third-order valence-electron chi connectivity index (χ3n) is 5.98. The van der Waals surface area contributed by atoms with E-state index in [2.05, 4.69) is 25.4 Å². The summed E-state index contributed by atoms with van der Waals surface area (Å²) in [5.74, 6) is 0.144. The van der Waals surface area contributed by atoms with Crippen LogP contribution in [-0.4, -0.2) is 80.3 Å². The molecule has 1 atom stereocenters. The van der Waals surface area contributed by atoms with Crippen molar-refractivity contribution in [1.82, 2.24) is 30.2 Å². The number of alkyl halides is 3. The van der Waals surface area contributed by atoms with Gasteiger partial charge in [-0.25, -0.2) is 0 Å². The number of amidine groups is 1. The third-order valence-corrected chi connectivity index (χ3v) is 5.98. The second kappa shape index (κ2) is 11.1. The number of aromatic amines is 1. The minimum absolute atomic E-state index is 0.0569. The number of nitrogens with one attached hydrogen (secondary N) is 1. The molecule has 0 bridgehead atoms. The molecule has 0 spiro atoms. The summed E-state index contributed by atoms with van der Waals surface area (Å²) < 4.78 is 39.3. The van der Waals surface area contributed by atoms with Gasteiger partial charge in [-0.15, -0.1) is 5.10 Å². The lowest BCUT2D eigenvalue weighted by Crippen LogP contribution is -2.41. The minimum atomic E-state index is -4.42. The van der Waals surface area contributed by atoms with Gasteiger partial charge in [-0.3, -0.25) is 14.9 Å². The van der Waals surface area contributed by atoms with Gasteiger partial charge in [-0.05, 0) is 31.6 Å². The van der Waals surface area contributed by atoms with Crippen LogP contribution in [0.15, 0.2) is 77.6 Å². The van der Waals surface area contributed by atoms with E-state index in [0.717, 1.165) is 12.2 Å². The fourth-order valence-electron chi connectivity index (χ4n) is 4.02. The van der Waals surface area contributed by atoms with Crippen molar-refractivity contribution in [2.45, 2.75) is 25.6 Å². The first kappa shape index (κ1) is 25.1. The van der Waals surface area contributed by atoms with Crippen LogP contribution < -0.4 is 0 Å². The van der Waals surface area contributed by atoms with Crippen LogP contribution >= 0.6 is 0 Å². The predicted octanol–water partition coefficient (Wildman–Crippen LogP) is 3.98. The van der Waals surface area contributed by atoms with Crippen LogP contribution in [0.4, 0.5) is 13.2 Å². The van der Waals surface area contributed by atoms with E-state index in [9.17, 15) is 18.0 Å². The average Bonchev–Trinajstić information content (AvgIpc) is 3.16. The maximum atomic E-state index is 13.8. The third kappa shape index (κ3) is 5.96. The molecule has 4 rings (SSSR count). The van der Waals surface area contributed by atoms with Crippen LogP contribution in [-0.2, 0) is 0 Å². The zero-order valence-electron chi connectivity index (χ0n) is 19.7. The van der Waals surface area contributed by atoms with Crippen molar-refractivity contribution in [2.24, 2.45) is 4.99 Å². The summed E-state index contributed by atoms with van der Waals surface area (Å²) in [6, 6.07) is 10.7. The lowest BCUT2D eigenvalue weighted by atomic mass is 10.1. The largest absolute Gasteiger partial charge is 0.416 e. The Morgan fingerprint density at radius 2 is 1.89 bits per heavy atom. The molecule has 36 heavy (non-hydrogen) atoms. The molecule has 1 saturated heterocycles. The number of amides is 1. The maximum absolute atomic E-state index is 13.8. The molecule has 188 valence electrons. The fraction of sp³-hybridized carbons (Fsp3) is 0.320. The van der Waals surface area contributed by atoms with Gasteiger partial charge in [0.05, 0.1) is 18.3 Å². The molecule has 3 heterocycles. The second-order valence-corrected chi connectivity index (χ2v) is 8.34. The zero-order valence-corrected chi connectivity index (χ0v) is 19.7. The Kier molecular flexibility index (Phi) is 7.77. The van der Waals surface area contributed by atoms with Gasteiger partial charge in [0.15, 0.2) is 5.69 Å². The fourth-order valence-corrected chi connectivity index (χ4v) is 4.02. The van der Waals surface area contributed by atoms with Gasteiger partial charge in [-0.1, -0.05) is 36.4 Å². The van der Waals surface area contributed by atoms with Crippen LogP contribution in [0.25, 0.3) is 11.3 Å². The number of H-pyrrole nitrogens is 1. The van der Waals surface area contributed by atoms with Crippen LogP contribution in [0, 0.1) is 0 Å². The summed E-state index contributed by atoms with van der Waals surface area (Å²) in [7, 11) is 0. The predicted molar refractivity (Wildman–Crippen MR) is 130 cm³/mol.